The van der Waals surface area contributed by atoms with Crippen LogP contribution in [0.2, 0.25) is 0 Å². The van der Waals surface area contributed by atoms with E-state index in [-0.39, 0.29) is 12.2 Å². The highest BCUT2D eigenvalue weighted by Crippen LogP contribution is 2.28. The Labute approximate surface area is 115 Å². The Bertz CT molecular complexity index is 505. The molecule has 7 nitrogen and oxygen atoms in total. The van der Waals surface area contributed by atoms with Crippen LogP contribution in [-0.2, 0) is 20.9 Å². The fourth-order valence-electron chi connectivity index (χ4n) is 1.96. The Hall–Kier alpha value is -1.51. The lowest BCUT2D eigenvalue weighted by molar-refractivity contribution is -0.159. The molecule has 1 aromatic heterocycles. The molecule has 20 heavy (non-hydrogen) atoms. The average molecular weight is 284 g/mol. The van der Waals surface area contributed by atoms with E-state index in [0.717, 1.165) is 0 Å². The number of aliphatic hydroxyl groups excluding tert-OH is 3. The first-order chi connectivity index (χ1) is 9.60. The van der Waals surface area contributed by atoms with Crippen molar-refractivity contribution in [3.63, 3.8) is 0 Å². The largest absolute Gasteiger partial charge is 0.459 e. The maximum Gasteiger partial charge on any atom is 0.222 e. The second-order valence-corrected chi connectivity index (χ2v) is 4.30. The first-order valence-electron chi connectivity index (χ1n) is 6.03. The van der Waals surface area contributed by atoms with Gasteiger partial charge in [-0.05, 0) is 18.2 Å². The van der Waals surface area contributed by atoms with Crippen LogP contribution in [0.5, 0.6) is 0 Å². The zero-order chi connectivity index (χ0) is 14.7. The lowest BCUT2D eigenvalue weighted by atomic mass is 10.0. The summed E-state index contributed by atoms with van der Waals surface area (Å²) in [5.41, 5.74) is 0.150. The minimum absolute atomic E-state index is 0.150. The molecule has 0 spiro atoms. The van der Waals surface area contributed by atoms with Gasteiger partial charge in [0.1, 0.15) is 30.3 Å². The summed E-state index contributed by atoms with van der Waals surface area (Å²) in [6.45, 7) is -0.803. The van der Waals surface area contributed by atoms with Crippen LogP contribution in [0.15, 0.2) is 22.1 Å². The van der Waals surface area contributed by atoms with Gasteiger partial charge in [-0.15, -0.1) is 0 Å². The molecule has 0 radical (unpaired) electrons. The van der Waals surface area contributed by atoms with Gasteiger partial charge in [0.2, 0.25) is 12.1 Å². The minimum atomic E-state index is -1.24. The lowest BCUT2D eigenvalue weighted by Crippen LogP contribution is -2.31. The second-order valence-electron chi connectivity index (χ2n) is 4.30. The smallest absolute Gasteiger partial charge is 0.222 e. The molecular formula is C13H16O7. The van der Waals surface area contributed by atoms with E-state index >= 15 is 0 Å². The van der Waals surface area contributed by atoms with Crippen molar-refractivity contribution < 1.29 is 34.0 Å². The van der Waals surface area contributed by atoms with Crippen LogP contribution in [0.4, 0.5) is 0 Å². The number of rotatable bonds is 5. The van der Waals surface area contributed by atoms with E-state index in [9.17, 15) is 9.90 Å². The van der Waals surface area contributed by atoms with E-state index in [4.69, 9.17) is 24.1 Å². The normalized spacial score (nSPS) is 26.4. The number of aliphatic hydroxyl groups is 3. The summed E-state index contributed by atoms with van der Waals surface area (Å²) in [5, 5.41) is 27.6. The molecule has 1 fully saturated rings. The standard InChI is InChI=1S/C13H16O7/c1-18-13-11(17)9(12(20-13)10(16)6-15)4-7-2-3-8(5-14)19-7/h2-4,10,12-16H,5-6H2,1H3/b9-4+/t10?,12-,13+/m1/s1. The molecule has 3 N–H and O–H groups in total. The molecule has 1 aliphatic rings. The number of hydrogen-bond acceptors (Lipinski definition) is 7. The van der Waals surface area contributed by atoms with E-state index in [1.54, 1.807) is 12.1 Å². The third kappa shape index (κ3) is 2.82. The summed E-state index contributed by atoms with van der Waals surface area (Å²) >= 11 is 0. The maximum atomic E-state index is 12.0. The van der Waals surface area contributed by atoms with Crippen LogP contribution in [-0.4, -0.2) is 53.3 Å². The average Bonchev–Trinajstić information content (AvgIpc) is 3.04. The quantitative estimate of drug-likeness (QED) is 0.622. The highest BCUT2D eigenvalue weighted by atomic mass is 16.7. The fraction of sp³-hybridized carbons (Fsp3) is 0.462. The lowest BCUT2D eigenvalue weighted by Gasteiger charge is -2.16. The van der Waals surface area contributed by atoms with Crippen LogP contribution in [0.25, 0.3) is 6.08 Å². The van der Waals surface area contributed by atoms with Crippen molar-refractivity contribution in [3.05, 3.63) is 29.2 Å². The van der Waals surface area contributed by atoms with Crippen LogP contribution in [0, 0.1) is 0 Å². The number of ketones is 1. The number of carbonyl (C=O) groups excluding carboxylic acids is 1. The Balaban J connectivity index is 2.31. The summed E-state index contributed by atoms with van der Waals surface area (Å²) in [5.74, 6) is 0.255. The summed E-state index contributed by atoms with van der Waals surface area (Å²) < 4.78 is 15.4. The summed E-state index contributed by atoms with van der Waals surface area (Å²) in [6, 6.07) is 3.15. The molecule has 0 amide bonds. The predicted octanol–water partition coefficient (Wildman–Crippen LogP) is -0.551. The van der Waals surface area contributed by atoms with Crippen LogP contribution >= 0.6 is 0 Å². The van der Waals surface area contributed by atoms with Crippen molar-refractivity contribution in [2.75, 3.05) is 13.7 Å². The van der Waals surface area contributed by atoms with Crippen molar-refractivity contribution in [2.24, 2.45) is 0 Å². The molecule has 1 aliphatic heterocycles. The van der Waals surface area contributed by atoms with E-state index in [1.807, 2.05) is 0 Å². The predicted molar refractivity (Wildman–Crippen MR) is 66.4 cm³/mol. The van der Waals surface area contributed by atoms with Crippen molar-refractivity contribution in [1.29, 1.82) is 0 Å². The number of furan rings is 1. The molecule has 0 bridgehead atoms. The fourth-order valence-corrected chi connectivity index (χ4v) is 1.96. The molecule has 2 heterocycles. The Morgan fingerprint density at radius 2 is 2.20 bits per heavy atom. The minimum Gasteiger partial charge on any atom is -0.459 e. The van der Waals surface area contributed by atoms with Gasteiger partial charge in [0.05, 0.1) is 6.61 Å². The molecule has 110 valence electrons. The molecule has 7 heteroatoms. The number of methoxy groups -OCH3 is 1. The molecular weight excluding hydrogens is 268 g/mol. The van der Waals surface area contributed by atoms with Crippen LogP contribution < -0.4 is 0 Å². The summed E-state index contributed by atoms with van der Waals surface area (Å²) in [6.07, 6.45) is -1.93. The zero-order valence-electron chi connectivity index (χ0n) is 10.9. The first kappa shape index (κ1) is 14.9. The molecule has 1 saturated heterocycles. The monoisotopic (exact) mass is 284 g/mol. The number of hydrogen-bond donors (Lipinski definition) is 3. The molecule has 0 aromatic carbocycles. The van der Waals surface area contributed by atoms with Gasteiger partial charge in [-0.1, -0.05) is 0 Å². The first-order valence-corrected chi connectivity index (χ1v) is 6.03. The van der Waals surface area contributed by atoms with Crippen molar-refractivity contribution in [1.82, 2.24) is 0 Å². The molecule has 0 aliphatic carbocycles. The highest BCUT2D eigenvalue weighted by Gasteiger charge is 2.42. The third-order valence-corrected chi connectivity index (χ3v) is 2.96. The number of ether oxygens (including phenoxy) is 2. The van der Waals surface area contributed by atoms with E-state index in [0.29, 0.717) is 11.5 Å². The highest BCUT2D eigenvalue weighted by molar-refractivity contribution is 6.04. The van der Waals surface area contributed by atoms with Gasteiger partial charge in [0, 0.05) is 12.7 Å². The maximum absolute atomic E-state index is 12.0. The molecule has 1 unspecified atom stereocenters. The molecule has 1 aromatic rings. The van der Waals surface area contributed by atoms with Gasteiger partial charge in [-0.3, -0.25) is 4.79 Å². The summed E-state index contributed by atoms with van der Waals surface area (Å²) in [4.78, 5) is 12.0. The van der Waals surface area contributed by atoms with Gasteiger partial charge >= 0.3 is 0 Å². The zero-order valence-corrected chi connectivity index (χ0v) is 10.9. The van der Waals surface area contributed by atoms with E-state index in [1.165, 1.54) is 13.2 Å². The van der Waals surface area contributed by atoms with Crippen LogP contribution in [0.1, 0.15) is 11.5 Å². The Morgan fingerprint density at radius 1 is 1.45 bits per heavy atom. The second kappa shape index (κ2) is 6.29. The molecule has 2 rings (SSSR count). The van der Waals surface area contributed by atoms with Crippen molar-refractivity contribution in [3.8, 4) is 0 Å². The molecule has 0 saturated carbocycles. The SMILES string of the molecule is CO[C@H]1O[C@@H](C(O)CO)/C(=C/c2ccc(CO)o2)C1=O. The Morgan fingerprint density at radius 3 is 2.75 bits per heavy atom. The third-order valence-electron chi connectivity index (χ3n) is 2.96. The van der Waals surface area contributed by atoms with Gasteiger partial charge in [0.15, 0.2) is 0 Å². The number of Topliss-reactive ketones (excluding diaryl/α,β-unsaturated/α-hetero) is 1. The van der Waals surface area contributed by atoms with Gasteiger partial charge < -0.3 is 29.2 Å². The Kier molecular flexibility index (Phi) is 4.69. The number of carbonyl (C=O) groups is 1. The van der Waals surface area contributed by atoms with E-state index in [2.05, 4.69) is 0 Å². The van der Waals surface area contributed by atoms with Gasteiger partial charge in [-0.2, -0.15) is 0 Å². The van der Waals surface area contributed by atoms with Crippen molar-refractivity contribution in [2.45, 2.75) is 25.1 Å². The van der Waals surface area contributed by atoms with Gasteiger partial charge in [-0.25, -0.2) is 0 Å². The van der Waals surface area contributed by atoms with Gasteiger partial charge in [0.25, 0.3) is 0 Å². The van der Waals surface area contributed by atoms with Crippen LogP contribution in [0.3, 0.4) is 0 Å². The summed E-state index contributed by atoms with van der Waals surface area (Å²) in [7, 11) is 1.31. The topological polar surface area (TPSA) is 109 Å². The van der Waals surface area contributed by atoms with Crippen molar-refractivity contribution >= 4 is 11.9 Å². The molecule has 3 atom stereocenters. The van der Waals surface area contributed by atoms with E-state index < -0.39 is 30.9 Å².